The van der Waals surface area contributed by atoms with Gasteiger partial charge in [0.15, 0.2) is 0 Å². The summed E-state index contributed by atoms with van der Waals surface area (Å²) < 4.78 is 18.9. The van der Waals surface area contributed by atoms with Gasteiger partial charge in [0.05, 0.1) is 0 Å². The van der Waals surface area contributed by atoms with Gasteiger partial charge in [0, 0.05) is 44.7 Å². The van der Waals surface area contributed by atoms with E-state index >= 15 is 0 Å². The highest BCUT2D eigenvalue weighted by molar-refractivity contribution is 5.81. The van der Waals surface area contributed by atoms with Crippen molar-refractivity contribution in [2.24, 2.45) is 11.8 Å². The SMILES string of the molecule is O=C(NCCc1ccccc1F)C1CCN(C(=O)C2CCOCC2)CC1. The molecule has 0 bridgehead atoms. The van der Waals surface area contributed by atoms with Gasteiger partial charge in [-0.05, 0) is 43.7 Å². The lowest BCUT2D eigenvalue weighted by Crippen LogP contribution is -2.46. The molecule has 2 heterocycles. The molecular formula is C20H27FN2O3. The van der Waals surface area contributed by atoms with Crippen molar-refractivity contribution in [2.45, 2.75) is 32.1 Å². The number of piperidine rings is 1. The van der Waals surface area contributed by atoms with Gasteiger partial charge in [-0.2, -0.15) is 0 Å². The van der Waals surface area contributed by atoms with Crippen molar-refractivity contribution in [3.63, 3.8) is 0 Å². The number of ether oxygens (including phenoxy) is 1. The summed E-state index contributed by atoms with van der Waals surface area (Å²) in [5, 5.41) is 2.91. The number of carbonyl (C=O) groups is 2. The fourth-order valence-corrected chi connectivity index (χ4v) is 3.73. The summed E-state index contributed by atoms with van der Waals surface area (Å²) in [7, 11) is 0. The van der Waals surface area contributed by atoms with Gasteiger partial charge in [0.25, 0.3) is 0 Å². The molecule has 0 aliphatic carbocycles. The van der Waals surface area contributed by atoms with Crippen LogP contribution in [0.1, 0.15) is 31.2 Å². The lowest BCUT2D eigenvalue weighted by Gasteiger charge is -2.34. The molecule has 1 N–H and O–H groups in total. The van der Waals surface area contributed by atoms with Gasteiger partial charge >= 0.3 is 0 Å². The monoisotopic (exact) mass is 362 g/mol. The quantitative estimate of drug-likeness (QED) is 0.873. The van der Waals surface area contributed by atoms with E-state index in [1.54, 1.807) is 18.2 Å². The second-order valence-electron chi connectivity index (χ2n) is 7.12. The van der Waals surface area contributed by atoms with Crippen LogP contribution in [0.25, 0.3) is 0 Å². The van der Waals surface area contributed by atoms with Crippen LogP contribution in [-0.4, -0.2) is 49.6 Å². The van der Waals surface area contributed by atoms with Gasteiger partial charge < -0.3 is 15.0 Å². The number of rotatable bonds is 5. The van der Waals surface area contributed by atoms with Gasteiger partial charge in [-0.15, -0.1) is 0 Å². The smallest absolute Gasteiger partial charge is 0.225 e. The Morgan fingerprint density at radius 3 is 2.46 bits per heavy atom. The normalized spacial score (nSPS) is 19.3. The minimum atomic E-state index is -0.235. The van der Waals surface area contributed by atoms with E-state index in [0.717, 1.165) is 12.8 Å². The standard InChI is InChI=1S/C20H27FN2O3/c21-18-4-2-1-3-15(18)5-10-22-19(24)16-6-11-23(12-7-16)20(25)17-8-13-26-14-9-17/h1-4,16-17H,5-14H2,(H,22,24). The Balaban J connectivity index is 1.39. The van der Waals surface area contributed by atoms with E-state index in [-0.39, 0.29) is 29.5 Å². The predicted octanol–water partition coefficient (Wildman–Crippen LogP) is 2.15. The number of hydrogen-bond acceptors (Lipinski definition) is 3. The molecule has 3 rings (SSSR count). The minimum absolute atomic E-state index is 0.0134. The molecule has 5 nitrogen and oxygen atoms in total. The molecule has 2 saturated heterocycles. The van der Waals surface area contributed by atoms with Crippen LogP contribution in [0.15, 0.2) is 24.3 Å². The van der Waals surface area contributed by atoms with Crippen molar-refractivity contribution in [2.75, 3.05) is 32.8 Å². The van der Waals surface area contributed by atoms with Gasteiger partial charge in [-0.1, -0.05) is 18.2 Å². The first kappa shape index (κ1) is 18.8. The van der Waals surface area contributed by atoms with E-state index in [9.17, 15) is 14.0 Å². The molecule has 0 unspecified atom stereocenters. The van der Waals surface area contributed by atoms with Crippen LogP contribution in [0.2, 0.25) is 0 Å². The van der Waals surface area contributed by atoms with Gasteiger partial charge in [-0.3, -0.25) is 9.59 Å². The lowest BCUT2D eigenvalue weighted by atomic mass is 9.93. The average Bonchev–Trinajstić information content (AvgIpc) is 2.69. The van der Waals surface area contributed by atoms with Crippen LogP contribution < -0.4 is 5.32 Å². The number of carbonyl (C=O) groups excluding carboxylic acids is 2. The van der Waals surface area contributed by atoms with Crippen LogP contribution in [0.4, 0.5) is 4.39 Å². The average molecular weight is 362 g/mol. The van der Waals surface area contributed by atoms with Crippen LogP contribution in [0, 0.1) is 17.7 Å². The Hall–Kier alpha value is -1.95. The third-order valence-electron chi connectivity index (χ3n) is 5.40. The molecular weight excluding hydrogens is 335 g/mol. The summed E-state index contributed by atoms with van der Waals surface area (Å²) >= 11 is 0. The minimum Gasteiger partial charge on any atom is -0.381 e. The van der Waals surface area contributed by atoms with Crippen LogP contribution in [0.3, 0.4) is 0 Å². The largest absolute Gasteiger partial charge is 0.381 e. The van der Waals surface area contributed by atoms with E-state index in [1.807, 2.05) is 4.90 Å². The number of halogens is 1. The Morgan fingerprint density at radius 2 is 1.77 bits per heavy atom. The van der Waals surface area contributed by atoms with E-state index in [0.29, 0.717) is 57.7 Å². The zero-order valence-corrected chi connectivity index (χ0v) is 15.1. The number of amides is 2. The van der Waals surface area contributed by atoms with Gasteiger partial charge in [0.2, 0.25) is 11.8 Å². The molecule has 2 fully saturated rings. The van der Waals surface area contributed by atoms with Crippen molar-refractivity contribution < 1.29 is 18.7 Å². The fourth-order valence-electron chi connectivity index (χ4n) is 3.73. The topological polar surface area (TPSA) is 58.6 Å². The molecule has 142 valence electrons. The Kier molecular flexibility index (Phi) is 6.61. The van der Waals surface area contributed by atoms with Gasteiger partial charge in [0.1, 0.15) is 5.82 Å². The molecule has 0 radical (unpaired) electrons. The van der Waals surface area contributed by atoms with E-state index < -0.39 is 0 Å². The summed E-state index contributed by atoms with van der Waals surface area (Å²) in [6.45, 7) is 3.04. The Morgan fingerprint density at radius 1 is 1.08 bits per heavy atom. The maximum atomic E-state index is 13.6. The Bertz CT molecular complexity index is 623. The van der Waals surface area contributed by atoms with Crippen molar-refractivity contribution in [1.29, 1.82) is 0 Å². The van der Waals surface area contributed by atoms with Crippen LogP contribution >= 0.6 is 0 Å². The summed E-state index contributed by atoms with van der Waals surface area (Å²) in [5.41, 5.74) is 0.615. The third-order valence-corrected chi connectivity index (χ3v) is 5.40. The molecule has 1 aromatic rings. The zero-order chi connectivity index (χ0) is 18.4. The molecule has 0 saturated carbocycles. The molecule has 6 heteroatoms. The summed E-state index contributed by atoms with van der Waals surface area (Å²) in [6.07, 6.45) is 3.48. The third kappa shape index (κ3) is 4.81. The number of nitrogens with zero attached hydrogens (tertiary/aromatic N) is 1. The first-order valence-electron chi connectivity index (χ1n) is 9.53. The summed E-state index contributed by atoms with van der Waals surface area (Å²) in [5.74, 6) is 0.0113. The maximum absolute atomic E-state index is 13.6. The molecule has 0 atom stereocenters. The van der Waals surface area contributed by atoms with Crippen molar-refractivity contribution >= 4 is 11.8 Å². The number of nitrogens with one attached hydrogen (secondary N) is 1. The molecule has 0 spiro atoms. The second-order valence-corrected chi connectivity index (χ2v) is 7.12. The molecule has 2 aliphatic rings. The fraction of sp³-hybridized carbons (Fsp3) is 0.600. The highest BCUT2D eigenvalue weighted by Crippen LogP contribution is 2.23. The summed E-state index contributed by atoms with van der Waals surface area (Å²) in [4.78, 5) is 26.8. The molecule has 26 heavy (non-hydrogen) atoms. The molecule has 0 aromatic heterocycles. The second kappa shape index (κ2) is 9.12. The van der Waals surface area contributed by atoms with E-state index in [1.165, 1.54) is 6.07 Å². The first-order chi connectivity index (χ1) is 12.6. The maximum Gasteiger partial charge on any atom is 0.225 e. The number of hydrogen-bond donors (Lipinski definition) is 1. The van der Waals surface area contributed by atoms with Crippen LogP contribution in [-0.2, 0) is 20.7 Å². The molecule has 1 aromatic carbocycles. The molecule has 2 amide bonds. The predicted molar refractivity (Wildman–Crippen MR) is 96.0 cm³/mol. The van der Waals surface area contributed by atoms with Crippen molar-refractivity contribution in [3.05, 3.63) is 35.6 Å². The van der Waals surface area contributed by atoms with E-state index in [4.69, 9.17) is 4.74 Å². The number of benzene rings is 1. The van der Waals surface area contributed by atoms with E-state index in [2.05, 4.69) is 5.32 Å². The highest BCUT2D eigenvalue weighted by Gasteiger charge is 2.31. The molecule has 2 aliphatic heterocycles. The van der Waals surface area contributed by atoms with Crippen LogP contribution in [0.5, 0.6) is 0 Å². The zero-order valence-electron chi connectivity index (χ0n) is 15.1. The number of likely N-dealkylation sites (tertiary alicyclic amines) is 1. The lowest BCUT2D eigenvalue weighted by molar-refractivity contribution is -0.141. The first-order valence-corrected chi connectivity index (χ1v) is 9.53. The van der Waals surface area contributed by atoms with Crippen molar-refractivity contribution in [1.82, 2.24) is 10.2 Å². The Labute approximate surface area is 153 Å². The van der Waals surface area contributed by atoms with Crippen molar-refractivity contribution in [3.8, 4) is 0 Å². The highest BCUT2D eigenvalue weighted by atomic mass is 19.1. The van der Waals surface area contributed by atoms with Gasteiger partial charge in [-0.25, -0.2) is 4.39 Å². The summed E-state index contributed by atoms with van der Waals surface area (Å²) in [6, 6.07) is 6.63.